The van der Waals surface area contributed by atoms with Crippen LogP contribution >= 0.6 is 11.6 Å². The first-order valence-electron chi connectivity index (χ1n) is 10.2. The minimum absolute atomic E-state index is 0.0281. The Bertz CT molecular complexity index is 747. The van der Waals surface area contributed by atoms with Gasteiger partial charge in [0.15, 0.2) is 0 Å². The predicted octanol–water partition coefficient (Wildman–Crippen LogP) is 4.81. The van der Waals surface area contributed by atoms with E-state index in [2.05, 4.69) is 11.4 Å². The summed E-state index contributed by atoms with van der Waals surface area (Å²) in [7, 11) is 1.56. The summed E-state index contributed by atoms with van der Waals surface area (Å²) in [4.78, 5) is 27.0. The van der Waals surface area contributed by atoms with Gasteiger partial charge < -0.3 is 15.0 Å². The second-order valence-corrected chi connectivity index (χ2v) is 8.08. The largest absolute Gasteiger partial charge is 0.495 e. The third kappa shape index (κ3) is 5.51. The zero-order chi connectivity index (χ0) is 19.9. The lowest BCUT2D eigenvalue weighted by molar-refractivity contribution is -0.129. The van der Waals surface area contributed by atoms with E-state index in [4.69, 9.17) is 16.3 Å². The first kappa shape index (κ1) is 20.7. The number of carbonyl (C=O) groups excluding carboxylic acids is 2. The first-order valence-corrected chi connectivity index (χ1v) is 10.6. The highest BCUT2D eigenvalue weighted by Crippen LogP contribution is 2.28. The fourth-order valence-electron chi connectivity index (χ4n) is 4.02. The molecular weight excluding hydrogens is 376 g/mol. The second-order valence-electron chi connectivity index (χ2n) is 7.67. The maximum atomic E-state index is 12.7. The van der Waals surface area contributed by atoms with Crippen molar-refractivity contribution in [1.29, 1.82) is 0 Å². The number of likely N-dealkylation sites (tertiary alicyclic amines) is 1. The molecule has 1 fully saturated rings. The Morgan fingerprint density at radius 3 is 2.86 bits per heavy atom. The summed E-state index contributed by atoms with van der Waals surface area (Å²) >= 11 is 6.10. The van der Waals surface area contributed by atoms with Gasteiger partial charge in [-0.3, -0.25) is 9.59 Å². The van der Waals surface area contributed by atoms with Gasteiger partial charge in [-0.2, -0.15) is 0 Å². The molecule has 1 atom stereocenters. The van der Waals surface area contributed by atoms with Crippen LogP contribution in [0.25, 0.3) is 0 Å². The molecule has 1 N–H and O–H groups in total. The summed E-state index contributed by atoms with van der Waals surface area (Å²) in [6, 6.07) is 5.21. The van der Waals surface area contributed by atoms with Crippen molar-refractivity contribution in [2.24, 2.45) is 5.92 Å². The van der Waals surface area contributed by atoms with Gasteiger partial charge in [-0.15, -0.1) is 0 Å². The van der Waals surface area contributed by atoms with Crippen LogP contribution in [0, 0.1) is 5.92 Å². The van der Waals surface area contributed by atoms with E-state index in [0.717, 1.165) is 57.2 Å². The van der Waals surface area contributed by atoms with Crippen molar-refractivity contribution >= 4 is 29.1 Å². The van der Waals surface area contributed by atoms with E-state index in [9.17, 15) is 9.59 Å². The molecule has 0 spiro atoms. The number of nitrogens with one attached hydrogen (secondary N) is 1. The molecule has 1 heterocycles. The molecule has 2 aliphatic rings. The third-order valence-corrected chi connectivity index (χ3v) is 5.88. The van der Waals surface area contributed by atoms with E-state index in [1.807, 2.05) is 4.90 Å². The highest BCUT2D eigenvalue weighted by molar-refractivity contribution is 6.32. The zero-order valence-corrected chi connectivity index (χ0v) is 17.3. The number of ether oxygens (including phenoxy) is 1. The summed E-state index contributed by atoms with van der Waals surface area (Å²) in [6.45, 7) is 1.60. The Hall–Kier alpha value is -2.01. The smallest absolute Gasteiger partial charge is 0.249 e. The Morgan fingerprint density at radius 1 is 1.29 bits per heavy atom. The normalized spacial score (nSPS) is 19.7. The number of amides is 2. The summed E-state index contributed by atoms with van der Waals surface area (Å²) in [5.74, 6) is 1.15. The monoisotopic (exact) mass is 404 g/mol. The highest BCUT2D eigenvalue weighted by atomic mass is 35.5. The van der Waals surface area contributed by atoms with Crippen LogP contribution in [0.1, 0.15) is 51.4 Å². The number of halogens is 1. The van der Waals surface area contributed by atoms with Gasteiger partial charge >= 0.3 is 0 Å². The standard InChI is InChI=1S/C22H29ClN2O3/c1-28-20-11-10-18(14-19(20)23)24-21(26)12-9-16-6-5-13-25(15-16)22(27)17-7-3-2-4-8-17/h7,10-11,14,16H,2-6,8-9,12-13,15H2,1H3,(H,24,26). The number of benzene rings is 1. The minimum atomic E-state index is -0.0281. The topological polar surface area (TPSA) is 58.6 Å². The third-order valence-electron chi connectivity index (χ3n) is 5.59. The summed E-state index contributed by atoms with van der Waals surface area (Å²) < 4.78 is 5.12. The maximum absolute atomic E-state index is 12.7. The van der Waals surface area contributed by atoms with Crippen LogP contribution in [0.5, 0.6) is 5.75 Å². The molecule has 6 heteroatoms. The molecule has 5 nitrogen and oxygen atoms in total. The van der Waals surface area contributed by atoms with Gasteiger partial charge in [-0.05, 0) is 69.1 Å². The molecule has 3 rings (SSSR count). The molecule has 0 aromatic heterocycles. The number of rotatable bonds is 6. The average Bonchev–Trinajstić information content (AvgIpc) is 2.73. The van der Waals surface area contributed by atoms with Crippen molar-refractivity contribution in [3.8, 4) is 5.75 Å². The van der Waals surface area contributed by atoms with Crippen molar-refractivity contribution in [3.63, 3.8) is 0 Å². The van der Waals surface area contributed by atoms with Gasteiger partial charge in [0.2, 0.25) is 11.8 Å². The molecule has 1 aromatic rings. The lowest BCUT2D eigenvalue weighted by atomic mass is 9.91. The molecule has 1 aromatic carbocycles. The number of piperidine rings is 1. The van der Waals surface area contributed by atoms with Gasteiger partial charge in [-0.1, -0.05) is 17.7 Å². The molecular formula is C22H29ClN2O3. The number of hydrogen-bond acceptors (Lipinski definition) is 3. The van der Waals surface area contributed by atoms with Crippen LogP contribution in [0.15, 0.2) is 29.8 Å². The minimum Gasteiger partial charge on any atom is -0.495 e. The number of carbonyl (C=O) groups is 2. The Morgan fingerprint density at radius 2 is 2.14 bits per heavy atom. The quantitative estimate of drug-likeness (QED) is 0.740. The van der Waals surface area contributed by atoms with Crippen LogP contribution in [-0.4, -0.2) is 36.9 Å². The molecule has 1 unspecified atom stereocenters. The maximum Gasteiger partial charge on any atom is 0.249 e. The number of hydrogen-bond donors (Lipinski definition) is 1. The van der Waals surface area contributed by atoms with Crippen molar-refractivity contribution in [2.45, 2.75) is 51.4 Å². The molecule has 0 saturated carbocycles. The van der Waals surface area contributed by atoms with Crippen LogP contribution in [0.4, 0.5) is 5.69 Å². The molecule has 1 aliphatic carbocycles. The summed E-state index contributed by atoms with van der Waals surface area (Å²) in [5, 5.41) is 3.36. The molecule has 2 amide bonds. The van der Waals surface area contributed by atoms with Crippen molar-refractivity contribution in [3.05, 3.63) is 34.9 Å². The van der Waals surface area contributed by atoms with Gasteiger partial charge in [0.1, 0.15) is 5.75 Å². The highest BCUT2D eigenvalue weighted by Gasteiger charge is 2.26. The van der Waals surface area contributed by atoms with Crippen LogP contribution < -0.4 is 10.1 Å². The first-order chi connectivity index (χ1) is 13.6. The Kier molecular flexibility index (Phi) is 7.37. The van der Waals surface area contributed by atoms with E-state index < -0.39 is 0 Å². The second kappa shape index (κ2) is 9.97. The van der Waals surface area contributed by atoms with E-state index in [-0.39, 0.29) is 11.8 Å². The van der Waals surface area contributed by atoms with E-state index in [0.29, 0.717) is 28.8 Å². The summed E-state index contributed by atoms with van der Waals surface area (Å²) in [5.41, 5.74) is 1.65. The van der Waals surface area contributed by atoms with Gasteiger partial charge in [-0.25, -0.2) is 0 Å². The van der Waals surface area contributed by atoms with E-state index >= 15 is 0 Å². The van der Waals surface area contributed by atoms with Crippen LogP contribution in [0.2, 0.25) is 5.02 Å². The molecule has 0 bridgehead atoms. The predicted molar refractivity (Wildman–Crippen MR) is 112 cm³/mol. The molecule has 1 saturated heterocycles. The van der Waals surface area contributed by atoms with Gasteiger partial charge in [0, 0.05) is 30.8 Å². The molecule has 28 heavy (non-hydrogen) atoms. The number of nitrogens with zero attached hydrogens (tertiary/aromatic N) is 1. The molecule has 0 radical (unpaired) electrons. The van der Waals surface area contributed by atoms with Crippen molar-refractivity contribution in [1.82, 2.24) is 4.90 Å². The van der Waals surface area contributed by atoms with Crippen molar-refractivity contribution < 1.29 is 14.3 Å². The lowest BCUT2D eigenvalue weighted by Gasteiger charge is -2.34. The van der Waals surface area contributed by atoms with E-state index in [1.165, 1.54) is 6.42 Å². The molecule has 152 valence electrons. The van der Waals surface area contributed by atoms with Crippen molar-refractivity contribution in [2.75, 3.05) is 25.5 Å². The molecule has 1 aliphatic heterocycles. The zero-order valence-electron chi connectivity index (χ0n) is 16.5. The van der Waals surface area contributed by atoms with Gasteiger partial charge in [0.25, 0.3) is 0 Å². The van der Waals surface area contributed by atoms with Crippen LogP contribution in [0.3, 0.4) is 0 Å². The Balaban J connectivity index is 1.47. The summed E-state index contributed by atoms with van der Waals surface area (Å²) in [6.07, 6.45) is 9.67. The number of allylic oxidation sites excluding steroid dienone is 1. The number of anilines is 1. The lowest BCUT2D eigenvalue weighted by Crippen LogP contribution is -2.41. The van der Waals surface area contributed by atoms with Gasteiger partial charge in [0.05, 0.1) is 12.1 Å². The van der Waals surface area contributed by atoms with Crippen LogP contribution in [-0.2, 0) is 9.59 Å². The average molecular weight is 405 g/mol. The fourth-order valence-corrected chi connectivity index (χ4v) is 4.28. The fraction of sp³-hybridized carbons (Fsp3) is 0.545. The Labute approximate surface area is 172 Å². The number of methoxy groups -OCH3 is 1. The van der Waals surface area contributed by atoms with E-state index in [1.54, 1.807) is 25.3 Å². The SMILES string of the molecule is COc1ccc(NC(=O)CCC2CCCN(C(=O)C3=CCCCC3)C2)cc1Cl.